The predicted octanol–water partition coefficient (Wildman–Crippen LogP) is 2.75. The topological polar surface area (TPSA) is 65.4 Å². The van der Waals surface area contributed by atoms with Gasteiger partial charge in [-0.1, -0.05) is 17.7 Å². The van der Waals surface area contributed by atoms with Crippen molar-refractivity contribution < 1.29 is 9.53 Å². The summed E-state index contributed by atoms with van der Waals surface area (Å²) in [5, 5.41) is 12.6. The van der Waals surface area contributed by atoms with Crippen molar-refractivity contribution in [3.63, 3.8) is 0 Å². The monoisotopic (exact) mass is 311 g/mol. The Morgan fingerprint density at radius 3 is 3.00 bits per heavy atom. The van der Waals surface area contributed by atoms with Crippen LogP contribution in [0.15, 0.2) is 30.0 Å². The molecule has 5 nitrogen and oxygen atoms in total. The summed E-state index contributed by atoms with van der Waals surface area (Å²) in [6, 6.07) is 8.08. The lowest BCUT2D eigenvalue weighted by atomic mass is 9.76. The molecule has 0 saturated carbocycles. The number of fused-ring (bicyclic) bond motifs is 3. The number of hydrogen-bond donors (Lipinski definition) is 1. The van der Waals surface area contributed by atoms with E-state index in [-0.39, 0.29) is 17.9 Å². The van der Waals surface area contributed by atoms with Crippen molar-refractivity contribution in [2.75, 3.05) is 19.0 Å². The first-order valence-corrected chi connectivity index (χ1v) is 7.91. The third-order valence-electron chi connectivity index (χ3n) is 4.61. The number of nitrogens with one attached hydrogen (secondary N) is 1. The van der Waals surface area contributed by atoms with Crippen LogP contribution in [0.5, 0.6) is 0 Å². The zero-order chi connectivity index (χ0) is 16.6. The number of aryl methyl sites for hydroxylation is 1. The van der Waals surface area contributed by atoms with Gasteiger partial charge in [-0.15, -0.1) is 0 Å². The average molecular weight is 311 g/mol. The zero-order valence-corrected chi connectivity index (χ0v) is 13.7. The standard InChI is InChI=1S/C18H21N3O2/c1-4-23-18(22)16-14-8-12(9-19)10-21(3)17(14)13-7-11(2)5-6-15(13)20-16/h5-7,10,14,16-17,20H,4,8H2,1-3H3/t14-,16-,17+/m0/s1. The van der Waals surface area contributed by atoms with Crippen molar-refractivity contribution in [3.8, 4) is 6.07 Å². The maximum Gasteiger partial charge on any atom is 0.328 e. The summed E-state index contributed by atoms with van der Waals surface area (Å²) in [6.45, 7) is 4.22. The van der Waals surface area contributed by atoms with E-state index in [2.05, 4.69) is 29.3 Å². The molecule has 0 spiro atoms. The predicted molar refractivity (Wildman–Crippen MR) is 87.5 cm³/mol. The van der Waals surface area contributed by atoms with Gasteiger partial charge in [0, 0.05) is 30.4 Å². The molecule has 0 saturated heterocycles. The Morgan fingerprint density at radius 2 is 2.30 bits per heavy atom. The van der Waals surface area contributed by atoms with Crippen LogP contribution in [-0.4, -0.2) is 30.6 Å². The van der Waals surface area contributed by atoms with E-state index in [1.807, 2.05) is 32.3 Å². The van der Waals surface area contributed by atoms with Crippen molar-refractivity contribution in [1.29, 1.82) is 5.26 Å². The van der Waals surface area contributed by atoms with Gasteiger partial charge in [-0.05, 0) is 31.9 Å². The minimum absolute atomic E-state index is 0.0204. The van der Waals surface area contributed by atoms with Crippen LogP contribution in [-0.2, 0) is 9.53 Å². The molecule has 5 heteroatoms. The first-order chi connectivity index (χ1) is 11.0. The molecule has 0 unspecified atom stereocenters. The Kier molecular flexibility index (Phi) is 3.99. The maximum absolute atomic E-state index is 12.4. The van der Waals surface area contributed by atoms with Crippen LogP contribution in [0, 0.1) is 24.2 Å². The van der Waals surface area contributed by atoms with Gasteiger partial charge in [0.1, 0.15) is 6.04 Å². The Balaban J connectivity index is 2.07. The highest BCUT2D eigenvalue weighted by Gasteiger charge is 2.44. The number of ether oxygens (including phenoxy) is 1. The molecule has 3 rings (SSSR count). The van der Waals surface area contributed by atoms with Crippen LogP contribution < -0.4 is 5.32 Å². The molecule has 2 heterocycles. The van der Waals surface area contributed by atoms with Gasteiger partial charge in [0.15, 0.2) is 0 Å². The molecule has 0 aromatic heterocycles. The molecule has 120 valence electrons. The van der Waals surface area contributed by atoms with Crippen LogP contribution in [0.2, 0.25) is 0 Å². The number of anilines is 1. The fraction of sp³-hybridized carbons (Fsp3) is 0.444. The third-order valence-corrected chi connectivity index (χ3v) is 4.61. The lowest BCUT2D eigenvalue weighted by Gasteiger charge is -2.45. The molecule has 0 amide bonds. The summed E-state index contributed by atoms with van der Waals surface area (Å²) < 4.78 is 5.25. The fourth-order valence-electron chi connectivity index (χ4n) is 3.67. The molecule has 3 atom stereocenters. The van der Waals surface area contributed by atoms with E-state index in [1.165, 1.54) is 11.1 Å². The van der Waals surface area contributed by atoms with Gasteiger partial charge in [0.25, 0.3) is 0 Å². The molecule has 2 aliphatic heterocycles. The smallest absolute Gasteiger partial charge is 0.328 e. The molecule has 1 N–H and O–H groups in total. The lowest BCUT2D eigenvalue weighted by Crippen LogP contribution is -2.49. The van der Waals surface area contributed by atoms with Crippen molar-refractivity contribution in [2.24, 2.45) is 5.92 Å². The van der Waals surface area contributed by atoms with Gasteiger partial charge >= 0.3 is 5.97 Å². The van der Waals surface area contributed by atoms with Gasteiger partial charge in [0.05, 0.1) is 18.7 Å². The van der Waals surface area contributed by atoms with Gasteiger partial charge in [-0.25, -0.2) is 4.79 Å². The Hall–Kier alpha value is -2.48. The van der Waals surface area contributed by atoms with Crippen molar-refractivity contribution in [3.05, 3.63) is 41.1 Å². The first-order valence-electron chi connectivity index (χ1n) is 7.91. The van der Waals surface area contributed by atoms with Crippen LogP contribution in [0.25, 0.3) is 0 Å². The highest BCUT2D eigenvalue weighted by molar-refractivity contribution is 5.82. The number of carbonyl (C=O) groups excluding carboxylic acids is 1. The Labute approximate surface area is 136 Å². The normalized spacial score (nSPS) is 25.4. The van der Waals surface area contributed by atoms with Gasteiger partial charge in [-0.3, -0.25) is 0 Å². The molecule has 1 aromatic carbocycles. The van der Waals surface area contributed by atoms with E-state index in [4.69, 9.17) is 4.74 Å². The highest BCUT2D eigenvalue weighted by atomic mass is 16.5. The number of esters is 1. The second-order valence-electron chi connectivity index (χ2n) is 6.21. The van der Waals surface area contributed by atoms with Crippen molar-refractivity contribution in [1.82, 2.24) is 4.90 Å². The van der Waals surface area contributed by atoms with Crippen LogP contribution >= 0.6 is 0 Å². The van der Waals surface area contributed by atoms with Gasteiger partial charge in [0.2, 0.25) is 0 Å². The van der Waals surface area contributed by atoms with E-state index < -0.39 is 6.04 Å². The SMILES string of the molecule is CCOC(=O)[C@H]1Nc2ccc(C)cc2[C@@H]2[C@H]1CC(C#N)=CN2C. The molecule has 0 fully saturated rings. The van der Waals surface area contributed by atoms with Gasteiger partial charge in [-0.2, -0.15) is 5.26 Å². The average Bonchev–Trinajstić information content (AvgIpc) is 2.53. The number of hydrogen-bond acceptors (Lipinski definition) is 5. The van der Waals surface area contributed by atoms with Crippen LogP contribution in [0.1, 0.15) is 30.5 Å². The number of nitriles is 1. The van der Waals surface area contributed by atoms with E-state index >= 15 is 0 Å². The molecule has 0 aliphatic carbocycles. The number of rotatable bonds is 2. The molecule has 2 aliphatic rings. The second-order valence-corrected chi connectivity index (χ2v) is 6.21. The summed E-state index contributed by atoms with van der Waals surface area (Å²) >= 11 is 0. The summed E-state index contributed by atoms with van der Waals surface area (Å²) in [5.74, 6) is -0.269. The number of nitrogens with zero attached hydrogens (tertiary/aromatic N) is 2. The minimum atomic E-state index is -0.436. The van der Waals surface area contributed by atoms with E-state index in [0.29, 0.717) is 18.6 Å². The maximum atomic E-state index is 12.4. The zero-order valence-electron chi connectivity index (χ0n) is 13.7. The van der Waals surface area contributed by atoms with E-state index in [1.54, 1.807) is 0 Å². The minimum Gasteiger partial charge on any atom is -0.464 e. The van der Waals surface area contributed by atoms with Crippen molar-refractivity contribution in [2.45, 2.75) is 32.4 Å². The Morgan fingerprint density at radius 1 is 1.52 bits per heavy atom. The molecular formula is C18H21N3O2. The molecule has 0 radical (unpaired) electrons. The summed E-state index contributed by atoms with van der Waals surface area (Å²) in [6.07, 6.45) is 2.47. The molecule has 0 bridgehead atoms. The Bertz CT molecular complexity index is 705. The highest BCUT2D eigenvalue weighted by Crippen LogP contribution is 2.45. The second kappa shape index (κ2) is 5.96. The van der Waals surface area contributed by atoms with Gasteiger partial charge < -0.3 is 15.0 Å². The number of benzene rings is 1. The first kappa shape index (κ1) is 15.4. The van der Waals surface area contributed by atoms with E-state index in [0.717, 1.165) is 5.69 Å². The van der Waals surface area contributed by atoms with Crippen LogP contribution in [0.4, 0.5) is 5.69 Å². The lowest BCUT2D eigenvalue weighted by molar-refractivity contribution is -0.146. The summed E-state index contributed by atoms with van der Waals surface area (Å²) in [5.41, 5.74) is 4.02. The molecular weight excluding hydrogens is 290 g/mol. The fourth-order valence-corrected chi connectivity index (χ4v) is 3.67. The summed E-state index contributed by atoms with van der Waals surface area (Å²) in [4.78, 5) is 14.5. The van der Waals surface area contributed by atoms with Crippen LogP contribution in [0.3, 0.4) is 0 Å². The molecule has 23 heavy (non-hydrogen) atoms. The van der Waals surface area contributed by atoms with E-state index in [9.17, 15) is 10.1 Å². The molecule has 1 aromatic rings. The number of allylic oxidation sites excluding steroid dienone is 1. The largest absolute Gasteiger partial charge is 0.464 e. The summed E-state index contributed by atoms with van der Waals surface area (Å²) in [7, 11) is 1.97. The third kappa shape index (κ3) is 2.65. The van der Waals surface area contributed by atoms with Crippen molar-refractivity contribution >= 4 is 11.7 Å². The number of carbonyl (C=O) groups is 1. The quantitative estimate of drug-likeness (QED) is 0.851.